The summed E-state index contributed by atoms with van der Waals surface area (Å²) in [7, 11) is 0. The third kappa shape index (κ3) is 5.84. The first-order valence-corrected chi connectivity index (χ1v) is 6.84. The van der Waals surface area contributed by atoms with Crippen molar-refractivity contribution in [2.45, 2.75) is 26.2 Å². The lowest BCUT2D eigenvalue weighted by molar-refractivity contribution is 0.0696. The maximum Gasteiger partial charge on any atom is 0.335 e. The van der Waals surface area contributed by atoms with Crippen LogP contribution in [0.1, 0.15) is 46.9 Å². The fraction of sp³-hybridized carbons (Fsp3) is 0.467. The van der Waals surface area contributed by atoms with Crippen LogP contribution in [0.4, 0.5) is 0 Å². The van der Waals surface area contributed by atoms with Crippen LogP contribution >= 0.6 is 0 Å². The molecule has 1 amide bonds. The first-order chi connectivity index (χ1) is 9.65. The minimum absolute atomic E-state index is 0.172. The van der Waals surface area contributed by atoms with E-state index in [2.05, 4.69) is 12.2 Å². The Morgan fingerprint density at radius 2 is 1.70 bits per heavy atom. The van der Waals surface area contributed by atoms with E-state index in [0.29, 0.717) is 18.7 Å². The molecule has 0 aromatic heterocycles. The van der Waals surface area contributed by atoms with E-state index in [1.54, 1.807) is 0 Å². The second-order valence-corrected chi connectivity index (χ2v) is 4.46. The Hall–Kier alpha value is -1.88. The first-order valence-electron chi connectivity index (χ1n) is 6.84. The van der Waals surface area contributed by atoms with Gasteiger partial charge in [-0.3, -0.25) is 4.79 Å². The SMILES string of the molecule is CCCCOCCCNC(=O)c1ccc(C(=O)O)cc1. The second-order valence-electron chi connectivity index (χ2n) is 4.46. The predicted octanol–water partition coefficient (Wildman–Crippen LogP) is 2.32. The zero-order valence-corrected chi connectivity index (χ0v) is 11.7. The number of carboxylic acid groups (broad SMARTS) is 1. The average Bonchev–Trinajstić information content (AvgIpc) is 2.46. The van der Waals surface area contributed by atoms with Gasteiger partial charge < -0.3 is 15.2 Å². The molecule has 20 heavy (non-hydrogen) atoms. The van der Waals surface area contributed by atoms with Gasteiger partial charge in [0.25, 0.3) is 5.91 Å². The van der Waals surface area contributed by atoms with Crippen LogP contribution in [-0.2, 0) is 4.74 Å². The van der Waals surface area contributed by atoms with Gasteiger partial charge in [0.15, 0.2) is 0 Å². The fourth-order valence-corrected chi connectivity index (χ4v) is 1.59. The largest absolute Gasteiger partial charge is 0.478 e. The number of unbranched alkanes of at least 4 members (excludes halogenated alkanes) is 1. The summed E-state index contributed by atoms with van der Waals surface area (Å²) in [5.74, 6) is -1.20. The van der Waals surface area contributed by atoms with Crippen molar-refractivity contribution in [3.8, 4) is 0 Å². The van der Waals surface area contributed by atoms with E-state index in [4.69, 9.17) is 9.84 Å². The van der Waals surface area contributed by atoms with Crippen LogP contribution in [0.25, 0.3) is 0 Å². The molecule has 5 heteroatoms. The standard InChI is InChI=1S/C15H21NO4/c1-2-3-10-20-11-4-9-16-14(17)12-5-7-13(8-6-12)15(18)19/h5-8H,2-4,9-11H2,1H3,(H,16,17)(H,18,19). The minimum Gasteiger partial charge on any atom is -0.478 e. The summed E-state index contributed by atoms with van der Waals surface area (Å²) >= 11 is 0. The molecule has 5 nitrogen and oxygen atoms in total. The normalized spacial score (nSPS) is 10.2. The minimum atomic E-state index is -0.999. The number of carbonyl (C=O) groups is 2. The topological polar surface area (TPSA) is 75.6 Å². The van der Waals surface area contributed by atoms with Gasteiger partial charge in [-0.2, -0.15) is 0 Å². The number of ether oxygens (including phenoxy) is 1. The molecule has 110 valence electrons. The van der Waals surface area contributed by atoms with E-state index in [0.717, 1.165) is 25.9 Å². The van der Waals surface area contributed by atoms with E-state index in [1.165, 1.54) is 24.3 Å². The van der Waals surface area contributed by atoms with Crippen LogP contribution in [-0.4, -0.2) is 36.7 Å². The molecule has 1 rings (SSSR count). The lowest BCUT2D eigenvalue weighted by atomic mass is 10.1. The highest BCUT2D eigenvalue weighted by molar-refractivity contribution is 5.95. The zero-order valence-electron chi connectivity index (χ0n) is 11.7. The number of benzene rings is 1. The summed E-state index contributed by atoms with van der Waals surface area (Å²) in [5, 5.41) is 11.5. The van der Waals surface area contributed by atoms with Gasteiger partial charge in [-0.05, 0) is 37.1 Å². The van der Waals surface area contributed by atoms with E-state index in [-0.39, 0.29) is 11.5 Å². The second kappa shape index (κ2) is 9.09. The Morgan fingerprint density at radius 1 is 1.10 bits per heavy atom. The van der Waals surface area contributed by atoms with E-state index in [9.17, 15) is 9.59 Å². The molecule has 0 heterocycles. The van der Waals surface area contributed by atoms with Gasteiger partial charge >= 0.3 is 5.97 Å². The third-order valence-electron chi connectivity index (χ3n) is 2.79. The number of rotatable bonds is 9. The number of hydrogen-bond donors (Lipinski definition) is 2. The average molecular weight is 279 g/mol. The van der Waals surface area contributed by atoms with Crippen LogP contribution in [0, 0.1) is 0 Å². The molecule has 0 saturated carbocycles. The third-order valence-corrected chi connectivity index (χ3v) is 2.79. The Morgan fingerprint density at radius 3 is 2.30 bits per heavy atom. The molecular formula is C15H21NO4. The smallest absolute Gasteiger partial charge is 0.335 e. The number of amides is 1. The molecule has 2 N–H and O–H groups in total. The van der Waals surface area contributed by atoms with Crippen LogP contribution in [0.15, 0.2) is 24.3 Å². The molecule has 0 radical (unpaired) electrons. The predicted molar refractivity (Wildman–Crippen MR) is 76.1 cm³/mol. The monoisotopic (exact) mass is 279 g/mol. The van der Waals surface area contributed by atoms with Gasteiger partial charge in [0.1, 0.15) is 0 Å². The summed E-state index contributed by atoms with van der Waals surface area (Å²) in [4.78, 5) is 22.4. The van der Waals surface area contributed by atoms with Crippen LogP contribution in [0.2, 0.25) is 0 Å². The lowest BCUT2D eigenvalue weighted by Crippen LogP contribution is -2.25. The lowest BCUT2D eigenvalue weighted by Gasteiger charge is -2.06. The molecule has 0 spiro atoms. The molecule has 0 fully saturated rings. The van der Waals surface area contributed by atoms with Crippen molar-refractivity contribution in [2.24, 2.45) is 0 Å². The molecule has 1 aromatic carbocycles. The van der Waals surface area contributed by atoms with Gasteiger partial charge in [-0.1, -0.05) is 13.3 Å². The van der Waals surface area contributed by atoms with Crippen LogP contribution in [0.3, 0.4) is 0 Å². The zero-order chi connectivity index (χ0) is 14.8. The number of aromatic carboxylic acids is 1. The molecule has 0 saturated heterocycles. The highest BCUT2D eigenvalue weighted by Crippen LogP contribution is 2.04. The Bertz CT molecular complexity index is 428. The molecule has 0 bridgehead atoms. The quantitative estimate of drug-likeness (QED) is 0.680. The molecule has 0 aliphatic carbocycles. The summed E-state index contributed by atoms with van der Waals surface area (Å²) < 4.78 is 5.39. The number of hydrogen-bond acceptors (Lipinski definition) is 3. The molecule has 0 aliphatic heterocycles. The van der Waals surface area contributed by atoms with Crippen molar-refractivity contribution < 1.29 is 19.4 Å². The van der Waals surface area contributed by atoms with E-state index < -0.39 is 5.97 Å². The summed E-state index contributed by atoms with van der Waals surface area (Å²) in [5.41, 5.74) is 0.632. The van der Waals surface area contributed by atoms with Gasteiger partial charge in [0.05, 0.1) is 5.56 Å². The maximum absolute atomic E-state index is 11.8. The summed E-state index contributed by atoms with van der Waals surface area (Å²) in [6.45, 7) is 4.06. The molecular weight excluding hydrogens is 258 g/mol. The Balaban J connectivity index is 2.24. The van der Waals surface area contributed by atoms with E-state index in [1.807, 2.05) is 0 Å². The first kappa shape index (κ1) is 16.2. The van der Waals surface area contributed by atoms with Gasteiger partial charge in [-0.15, -0.1) is 0 Å². The Labute approximate surface area is 118 Å². The molecule has 0 aliphatic rings. The van der Waals surface area contributed by atoms with Crippen LogP contribution in [0.5, 0.6) is 0 Å². The van der Waals surface area contributed by atoms with Crippen molar-refractivity contribution >= 4 is 11.9 Å². The highest BCUT2D eigenvalue weighted by Gasteiger charge is 2.07. The van der Waals surface area contributed by atoms with Crippen molar-refractivity contribution in [3.05, 3.63) is 35.4 Å². The van der Waals surface area contributed by atoms with Crippen LogP contribution < -0.4 is 5.32 Å². The number of carbonyl (C=O) groups excluding carboxylic acids is 1. The Kier molecular flexibility index (Phi) is 7.35. The maximum atomic E-state index is 11.8. The number of nitrogens with one attached hydrogen (secondary N) is 1. The summed E-state index contributed by atoms with van der Waals surface area (Å²) in [6, 6.07) is 5.86. The van der Waals surface area contributed by atoms with Crippen molar-refractivity contribution in [1.29, 1.82) is 0 Å². The summed E-state index contributed by atoms with van der Waals surface area (Å²) in [6.07, 6.45) is 2.94. The highest BCUT2D eigenvalue weighted by atomic mass is 16.5. The van der Waals surface area contributed by atoms with Gasteiger partial charge in [0.2, 0.25) is 0 Å². The fourth-order valence-electron chi connectivity index (χ4n) is 1.59. The van der Waals surface area contributed by atoms with Crippen molar-refractivity contribution in [3.63, 3.8) is 0 Å². The number of carboxylic acids is 1. The molecule has 0 unspecified atom stereocenters. The van der Waals surface area contributed by atoms with Crippen molar-refractivity contribution in [1.82, 2.24) is 5.32 Å². The van der Waals surface area contributed by atoms with Gasteiger partial charge in [0, 0.05) is 25.3 Å². The molecule has 0 atom stereocenters. The van der Waals surface area contributed by atoms with E-state index >= 15 is 0 Å². The van der Waals surface area contributed by atoms with Gasteiger partial charge in [-0.25, -0.2) is 4.79 Å². The van der Waals surface area contributed by atoms with Crippen molar-refractivity contribution in [2.75, 3.05) is 19.8 Å². The molecule has 1 aromatic rings.